The van der Waals surface area contributed by atoms with Crippen molar-refractivity contribution in [2.24, 2.45) is 4.99 Å². The Labute approximate surface area is 170 Å². The predicted octanol–water partition coefficient (Wildman–Crippen LogP) is 2.56. The van der Waals surface area contributed by atoms with Crippen molar-refractivity contribution in [1.82, 2.24) is 15.6 Å². The first-order valence-electron chi connectivity index (χ1n) is 8.95. The molecule has 0 saturated heterocycles. The van der Waals surface area contributed by atoms with Gasteiger partial charge in [0.05, 0.1) is 18.9 Å². The Bertz CT molecular complexity index is 765. The topological polar surface area (TPSA) is 91.6 Å². The fourth-order valence-electron chi connectivity index (χ4n) is 2.28. The van der Waals surface area contributed by atoms with E-state index in [9.17, 15) is 0 Å². The SMILES string of the molecule is CN=C(NC#N)NCCSCc1ncccc1OCCOCc1ccccc1. The van der Waals surface area contributed by atoms with Crippen molar-refractivity contribution in [3.8, 4) is 11.9 Å². The van der Waals surface area contributed by atoms with Crippen LogP contribution in [0.25, 0.3) is 0 Å². The minimum atomic E-state index is 0.473. The second kappa shape index (κ2) is 13.4. The van der Waals surface area contributed by atoms with E-state index in [-0.39, 0.29) is 0 Å². The van der Waals surface area contributed by atoms with Gasteiger partial charge >= 0.3 is 0 Å². The first-order valence-corrected chi connectivity index (χ1v) is 10.1. The van der Waals surface area contributed by atoms with Crippen molar-refractivity contribution in [2.45, 2.75) is 12.4 Å². The van der Waals surface area contributed by atoms with E-state index in [0.29, 0.717) is 32.3 Å². The van der Waals surface area contributed by atoms with Crippen LogP contribution in [0, 0.1) is 11.5 Å². The maximum Gasteiger partial charge on any atom is 0.204 e. The molecule has 0 aliphatic rings. The molecule has 1 aromatic heterocycles. The summed E-state index contributed by atoms with van der Waals surface area (Å²) < 4.78 is 11.5. The number of nitrogens with zero attached hydrogens (tertiary/aromatic N) is 3. The standard InChI is InChI=1S/C20H25N5O2S/c1-22-20(25-16-21)24-10-13-28-15-18-19(8-5-9-23-18)27-12-11-26-14-17-6-3-2-4-7-17/h2-9H,10-15H2,1H3,(H2,22,24,25). The van der Waals surface area contributed by atoms with Crippen molar-refractivity contribution in [3.05, 3.63) is 59.9 Å². The number of pyridine rings is 1. The molecule has 0 aliphatic heterocycles. The van der Waals surface area contributed by atoms with Gasteiger partial charge in [0.15, 0.2) is 6.19 Å². The van der Waals surface area contributed by atoms with Gasteiger partial charge < -0.3 is 14.8 Å². The van der Waals surface area contributed by atoms with Crippen LogP contribution in [0.1, 0.15) is 11.3 Å². The van der Waals surface area contributed by atoms with Gasteiger partial charge in [-0.05, 0) is 17.7 Å². The van der Waals surface area contributed by atoms with Gasteiger partial charge in [0.1, 0.15) is 12.4 Å². The Hall–Kier alpha value is -2.76. The first-order chi connectivity index (χ1) is 13.8. The van der Waals surface area contributed by atoms with E-state index in [4.69, 9.17) is 14.7 Å². The van der Waals surface area contributed by atoms with E-state index in [1.165, 1.54) is 0 Å². The zero-order valence-corrected chi connectivity index (χ0v) is 16.7. The molecule has 0 radical (unpaired) electrons. The second-order valence-electron chi connectivity index (χ2n) is 5.62. The average Bonchev–Trinajstić information content (AvgIpc) is 2.74. The van der Waals surface area contributed by atoms with Gasteiger partial charge in [-0.1, -0.05) is 30.3 Å². The lowest BCUT2D eigenvalue weighted by Gasteiger charge is -2.11. The van der Waals surface area contributed by atoms with Gasteiger partial charge in [0, 0.05) is 31.3 Å². The average molecular weight is 400 g/mol. The summed E-state index contributed by atoms with van der Waals surface area (Å²) in [4.78, 5) is 8.35. The highest BCUT2D eigenvalue weighted by atomic mass is 32.2. The maximum absolute atomic E-state index is 8.59. The Balaban J connectivity index is 1.65. The largest absolute Gasteiger partial charge is 0.489 e. The molecule has 148 valence electrons. The van der Waals surface area contributed by atoms with Crippen molar-refractivity contribution in [3.63, 3.8) is 0 Å². The van der Waals surface area contributed by atoms with Crippen LogP contribution in [0.15, 0.2) is 53.7 Å². The summed E-state index contributed by atoms with van der Waals surface area (Å²) in [6, 6.07) is 13.9. The summed E-state index contributed by atoms with van der Waals surface area (Å²) in [6.07, 6.45) is 3.61. The normalized spacial score (nSPS) is 10.9. The molecule has 0 amide bonds. The predicted molar refractivity (Wildman–Crippen MR) is 112 cm³/mol. The zero-order chi connectivity index (χ0) is 19.9. The molecule has 8 heteroatoms. The minimum Gasteiger partial charge on any atom is -0.489 e. The van der Waals surface area contributed by atoms with Crippen LogP contribution >= 0.6 is 11.8 Å². The van der Waals surface area contributed by atoms with Crippen LogP contribution < -0.4 is 15.4 Å². The number of aliphatic imine (C=N–C) groups is 1. The molecule has 2 rings (SSSR count). The van der Waals surface area contributed by atoms with Crippen LogP contribution in [0.2, 0.25) is 0 Å². The molecule has 2 N–H and O–H groups in total. The quantitative estimate of drug-likeness (QED) is 0.197. The fraction of sp³-hybridized carbons (Fsp3) is 0.350. The van der Waals surface area contributed by atoms with E-state index in [0.717, 1.165) is 28.5 Å². The van der Waals surface area contributed by atoms with Gasteiger partial charge in [0.2, 0.25) is 5.96 Å². The van der Waals surface area contributed by atoms with Crippen LogP contribution in [0.5, 0.6) is 5.75 Å². The van der Waals surface area contributed by atoms with Crippen molar-refractivity contribution < 1.29 is 9.47 Å². The summed E-state index contributed by atoms with van der Waals surface area (Å²) in [5.74, 6) is 2.85. The summed E-state index contributed by atoms with van der Waals surface area (Å²) in [7, 11) is 1.63. The van der Waals surface area contributed by atoms with E-state index >= 15 is 0 Å². The van der Waals surface area contributed by atoms with E-state index < -0.39 is 0 Å². The summed E-state index contributed by atoms with van der Waals surface area (Å²) in [5.41, 5.74) is 2.06. The van der Waals surface area contributed by atoms with Crippen LogP contribution in [0.3, 0.4) is 0 Å². The third-order valence-electron chi connectivity index (χ3n) is 3.62. The minimum absolute atomic E-state index is 0.473. The highest BCUT2D eigenvalue weighted by Crippen LogP contribution is 2.20. The number of aromatic nitrogens is 1. The molecular formula is C20H25N5O2S. The summed E-state index contributed by atoms with van der Waals surface area (Å²) in [6.45, 7) is 2.28. The highest BCUT2D eigenvalue weighted by Gasteiger charge is 2.05. The van der Waals surface area contributed by atoms with Gasteiger partial charge in [0.25, 0.3) is 0 Å². The van der Waals surface area contributed by atoms with Crippen molar-refractivity contribution in [2.75, 3.05) is 32.6 Å². The lowest BCUT2D eigenvalue weighted by molar-refractivity contribution is 0.0885. The Kier molecular flexibility index (Phi) is 10.3. The Morgan fingerprint density at radius 2 is 2.07 bits per heavy atom. The molecule has 0 saturated carbocycles. The number of nitriles is 1. The smallest absolute Gasteiger partial charge is 0.204 e. The van der Waals surface area contributed by atoms with Crippen molar-refractivity contribution in [1.29, 1.82) is 5.26 Å². The van der Waals surface area contributed by atoms with E-state index in [2.05, 4.69) is 20.6 Å². The Morgan fingerprint density at radius 3 is 2.86 bits per heavy atom. The van der Waals surface area contributed by atoms with Crippen LogP contribution in [0.4, 0.5) is 0 Å². The molecule has 0 atom stereocenters. The molecule has 7 nitrogen and oxygen atoms in total. The molecule has 0 unspecified atom stereocenters. The third-order valence-corrected chi connectivity index (χ3v) is 4.59. The molecule has 0 bridgehead atoms. The first kappa shape index (κ1) is 21.5. The number of ether oxygens (including phenoxy) is 2. The molecular weight excluding hydrogens is 374 g/mol. The van der Waals surface area contributed by atoms with Gasteiger partial charge in [-0.25, -0.2) is 0 Å². The number of thioether (sulfide) groups is 1. The molecule has 2 aromatic rings. The van der Waals surface area contributed by atoms with E-state index in [1.807, 2.05) is 48.7 Å². The lowest BCUT2D eigenvalue weighted by atomic mass is 10.2. The fourth-order valence-corrected chi connectivity index (χ4v) is 3.08. The number of benzene rings is 1. The lowest BCUT2D eigenvalue weighted by Crippen LogP contribution is -2.35. The highest BCUT2D eigenvalue weighted by molar-refractivity contribution is 7.98. The molecule has 1 heterocycles. The maximum atomic E-state index is 8.59. The third kappa shape index (κ3) is 8.29. The number of nitrogens with one attached hydrogen (secondary N) is 2. The van der Waals surface area contributed by atoms with Crippen molar-refractivity contribution >= 4 is 17.7 Å². The van der Waals surface area contributed by atoms with Gasteiger partial charge in [-0.2, -0.15) is 17.0 Å². The number of guanidine groups is 1. The molecule has 1 aromatic carbocycles. The molecule has 0 aliphatic carbocycles. The number of rotatable bonds is 11. The van der Waals surface area contributed by atoms with Crippen LogP contribution in [-0.4, -0.2) is 43.5 Å². The zero-order valence-electron chi connectivity index (χ0n) is 15.9. The van der Waals surface area contributed by atoms with Gasteiger partial charge in [-0.3, -0.25) is 15.3 Å². The Morgan fingerprint density at radius 1 is 1.21 bits per heavy atom. The second-order valence-corrected chi connectivity index (χ2v) is 6.73. The molecule has 0 spiro atoms. The van der Waals surface area contributed by atoms with Gasteiger partial charge in [-0.15, -0.1) is 0 Å². The number of hydrogen-bond acceptors (Lipinski definition) is 6. The van der Waals surface area contributed by atoms with E-state index in [1.54, 1.807) is 25.0 Å². The summed E-state index contributed by atoms with van der Waals surface area (Å²) in [5, 5.41) is 14.1. The molecule has 0 fully saturated rings. The monoisotopic (exact) mass is 399 g/mol. The summed E-state index contributed by atoms with van der Waals surface area (Å²) >= 11 is 1.73. The number of hydrogen-bond donors (Lipinski definition) is 2. The van der Waals surface area contributed by atoms with Crippen LogP contribution in [-0.2, 0) is 17.1 Å². The molecule has 28 heavy (non-hydrogen) atoms.